The quantitative estimate of drug-likeness (QED) is 0.691. The summed E-state index contributed by atoms with van der Waals surface area (Å²) in [7, 11) is 3.20. The lowest BCUT2D eigenvalue weighted by Crippen LogP contribution is -2.50. The lowest BCUT2D eigenvalue weighted by molar-refractivity contribution is -0.130. The first-order valence-electron chi connectivity index (χ1n) is 8.16. The standard InChI is InChI=1S/C16H22N6O3S/c1-24-13-7-11-12(8-14(13)25-2)18-10-19-16(11)22-5-3-21(4-6-22)15(23)9-20-26-17/h7-8,10,20H,3-6,9,17H2,1-2H3. The molecule has 0 bridgehead atoms. The fourth-order valence-electron chi connectivity index (χ4n) is 3.00. The summed E-state index contributed by atoms with van der Waals surface area (Å²) in [4.78, 5) is 24.9. The molecule has 1 aliphatic rings. The second-order valence-electron chi connectivity index (χ2n) is 5.73. The predicted octanol–water partition coefficient (Wildman–Crippen LogP) is 0.407. The van der Waals surface area contributed by atoms with Gasteiger partial charge in [-0.3, -0.25) is 9.93 Å². The van der Waals surface area contributed by atoms with E-state index in [1.807, 2.05) is 17.0 Å². The molecular formula is C16H22N6O3S. The lowest BCUT2D eigenvalue weighted by Gasteiger charge is -2.35. The van der Waals surface area contributed by atoms with Crippen LogP contribution < -0.4 is 24.2 Å². The van der Waals surface area contributed by atoms with Gasteiger partial charge in [-0.05, 0) is 6.07 Å². The molecule has 2 heterocycles. The van der Waals surface area contributed by atoms with E-state index in [0.717, 1.165) is 28.9 Å². The van der Waals surface area contributed by atoms with E-state index in [0.29, 0.717) is 37.7 Å². The Morgan fingerprint density at radius 2 is 1.88 bits per heavy atom. The maximum atomic E-state index is 12.1. The number of piperazine rings is 1. The molecule has 2 aromatic rings. The zero-order valence-corrected chi connectivity index (χ0v) is 15.6. The van der Waals surface area contributed by atoms with Crippen molar-refractivity contribution in [1.29, 1.82) is 0 Å². The largest absolute Gasteiger partial charge is 0.493 e. The van der Waals surface area contributed by atoms with Crippen LogP contribution in [0, 0.1) is 0 Å². The SMILES string of the molecule is COc1cc2ncnc(N3CCN(C(=O)CNSN)CC3)c2cc1OC. The Labute approximate surface area is 156 Å². The number of aromatic nitrogens is 2. The molecule has 140 valence electrons. The van der Waals surface area contributed by atoms with Crippen molar-refractivity contribution in [2.75, 3.05) is 51.8 Å². The van der Waals surface area contributed by atoms with Crippen LogP contribution in [0.15, 0.2) is 18.5 Å². The first kappa shape index (κ1) is 18.5. The summed E-state index contributed by atoms with van der Waals surface area (Å²) < 4.78 is 13.5. The highest BCUT2D eigenvalue weighted by Gasteiger charge is 2.23. The molecule has 0 atom stereocenters. The number of nitrogens with one attached hydrogen (secondary N) is 1. The van der Waals surface area contributed by atoms with Gasteiger partial charge in [-0.25, -0.2) is 14.7 Å². The molecule has 1 aliphatic heterocycles. The summed E-state index contributed by atoms with van der Waals surface area (Å²) in [6.45, 7) is 2.89. The van der Waals surface area contributed by atoms with Gasteiger partial charge >= 0.3 is 0 Å². The molecule has 9 nitrogen and oxygen atoms in total. The molecule has 1 aromatic carbocycles. The van der Waals surface area contributed by atoms with Crippen molar-refractivity contribution in [1.82, 2.24) is 19.6 Å². The highest BCUT2D eigenvalue weighted by atomic mass is 32.2. The molecular weight excluding hydrogens is 356 g/mol. The first-order valence-corrected chi connectivity index (χ1v) is 9.04. The maximum Gasteiger partial charge on any atom is 0.237 e. The third-order valence-corrected chi connectivity index (χ3v) is 4.67. The van der Waals surface area contributed by atoms with E-state index >= 15 is 0 Å². The minimum absolute atomic E-state index is 0.0431. The number of anilines is 1. The van der Waals surface area contributed by atoms with E-state index in [2.05, 4.69) is 19.6 Å². The van der Waals surface area contributed by atoms with E-state index in [-0.39, 0.29) is 12.5 Å². The third-order valence-electron chi connectivity index (χ3n) is 4.36. The second-order valence-corrected chi connectivity index (χ2v) is 6.25. The molecule has 1 saturated heterocycles. The van der Waals surface area contributed by atoms with Crippen LogP contribution in [0.4, 0.5) is 5.82 Å². The second kappa shape index (κ2) is 8.39. The fourth-order valence-corrected chi connectivity index (χ4v) is 3.21. The number of nitrogens with zero attached hydrogens (tertiary/aromatic N) is 4. The number of hydrogen-bond donors (Lipinski definition) is 2. The van der Waals surface area contributed by atoms with Crippen LogP contribution in [-0.4, -0.2) is 67.7 Å². The Balaban J connectivity index is 1.80. The van der Waals surface area contributed by atoms with E-state index < -0.39 is 0 Å². The summed E-state index contributed by atoms with van der Waals surface area (Å²) >= 11 is 0.952. The number of fused-ring (bicyclic) bond motifs is 1. The van der Waals surface area contributed by atoms with Crippen molar-refractivity contribution in [2.45, 2.75) is 0 Å². The van der Waals surface area contributed by atoms with Crippen LogP contribution in [-0.2, 0) is 4.79 Å². The van der Waals surface area contributed by atoms with Gasteiger partial charge in [0.1, 0.15) is 12.1 Å². The monoisotopic (exact) mass is 378 g/mol. The van der Waals surface area contributed by atoms with Crippen LogP contribution in [0.1, 0.15) is 0 Å². The highest BCUT2D eigenvalue weighted by Crippen LogP contribution is 2.34. The molecule has 0 aliphatic carbocycles. The number of amides is 1. The average molecular weight is 378 g/mol. The molecule has 0 radical (unpaired) electrons. The molecule has 1 fully saturated rings. The first-order chi connectivity index (χ1) is 12.7. The molecule has 0 saturated carbocycles. The number of methoxy groups -OCH3 is 2. The van der Waals surface area contributed by atoms with Crippen LogP contribution >= 0.6 is 12.1 Å². The summed E-state index contributed by atoms with van der Waals surface area (Å²) in [5.74, 6) is 2.14. The smallest absolute Gasteiger partial charge is 0.237 e. The molecule has 3 rings (SSSR count). The van der Waals surface area contributed by atoms with Crippen molar-refractivity contribution in [3.05, 3.63) is 18.5 Å². The van der Waals surface area contributed by atoms with Crippen LogP contribution in [0.2, 0.25) is 0 Å². The van der Waals surface area contributed by atoms with Gasteiger partial charge in [0, 0.05) is 49.8 Å². The Morgan fingerprint density at radius 3 is 2.54 bits per heavy atom. The summed E-state index contributed by atoms with van der Waals surface area (Å²) in [5, 5.41) is 6.19. The van der Waals surface area contributed by atoms with Crippen molar-refractivity contribution >= 4 is 34.8 Å². The van der Waals surface area contributed by atoms with Gasteiger partial charge in [-0.1, -0.05) is 0 Å². The minimum atomic E-state index is 0.0431. The lowest BCUT2D eigenvalue weighted by atomic mass is 10.2. The summed E-state index contributed by atoms with van der Waals surface area (Å²) in [6.07, 6.45) is 1.55. The Morgan fingerprint density at radius 1 is 1.19 bits per heavy atom. The molecule has 3 N–H and O–H groups in total. The Bertz CT molecular complexity index is 782. The van der Waals surface area contributed by atoms with E-state index in [1.165, 1.54) is 0 Å². The zero-order chi connectivity index (χ0) is 18.5. The van der Waals surface area contributed by atoms with Crippen molar-refractivity contribution < 1.29 is 14.3 Å². The summed E-state index contributed by atoms with van der Waals surface area (Å²) in [5.41, 5.74) is 0.787. The topological polar surface area (TPSA) is 106 Å². The Hall–Kier alpha value is -2.30. The third kappa shape index (κ3) is 3.76. The van der Waals surface area contributed by atoms with Crippen molar-refractivity contribution in [3.63, 3.8) is 0 Å². The molecule has 0 spiro atoms. The number of nitrogens with two attached hydrogens (primary N) is 1. The van der Waals surface area contributed by atoms with E-state index in [4.69, 9.17) is 14.6 Å². The fraction of sp³-hybridized carbons (Fsp3) is 0.438. The maximum absolute atomic E-state index is 12.1. The van der Waals surface area contributed by atoms with Crippen LogP contribution in [0.5, 0.6) is 11.5 Å². The average Bonchev–Trinajstić information content (AvgIpc) is 2.70. The highest BCUT2D eigenvalue weighted by molar-refractivity contribution is 7.95. The van der Waals surface area contributed by atoms with Crippen LogP contribution in [0.25, 0.3) is 10.9 Å². The van der Waals surface area contributed by atoms with Gasteiger partial charge in [-0.2, -0.15) is 0 Å². The number of carbonyl (C=O) groups excluding carboxylic acids is 1. The van der Waals surface area contributed by atoms with Gasteiger partial charge in [0.15, 0.2) is 11.5 Å². The van der Waals surface area contributed by atoms with E-state index in [1.54, 1.807) is 20.5 Å². The number of ether oxygens (including phenoxy) is 2. The van der Waals surface area contributed by atoms with Crippen LogP contribution in [0.3, 0.4) is 0 Å². The number of rotatable bonds is 6. The van der Waals surface area contributed by atoms with E-state index in [9.17, 15) is 4.79 Å². The molecule has 10 heteroatoms. The molecule has 0 unspecified atom stereocenters. The van der Waals surface area contributed by atoms with Gasteiger partial charge < -0.3 is 19.3 Å². The van der Waals surface area contributed by atoms with Gasteiger partial charge in [-0.15, -0.1) is 0 Å². The normalized spacial score (nSPS) is 14.6. The number of benzene rings is 1. The Kier molecular flexibility index (Phi) is 5.96. The predicted molar refractivity (Wildman–Crippen MR) is 101 cm³/mol. The molecule has 1 amide bonds. The molecule has 1 aromatic heterocycles. The van der Waals surface area contributed by atoms with Gasteiger partial charge in [0.2, 0.25) is 5.91 Å². The number of hydrogen-bond acceptors (Lipinski definition) is 9. The van der Waals surface area contributed by atoms with Crippen molar-refractivity contribution in [3.8, 4) is 11.5 Å². The summed E-state index contributed by atoms with van der Waals surface area (Å²) in [6, 6.07) is 3.73. The zero-order valence-electron chi connectivity index (χ0n) is 14.8. The van der Waals surface area contributed by atoms with Gasteiger partial charge in [0.25, 0.3) is 0 Å². The molecule has 26 heavy (non-hydrogen) atoms. The van der Waals surface area contributed by atoms with Gasteiger partial charge in [0.05, 0.1) is 26.3 Å². The van der Waals surface area contributed by atoms with Crippen molar-refractivity contribution in [2.24, 2.45) is 5.14 Å². The number of carbonyl (C=O) groups is 1. The minimum Gasteiger partial charge on any atom is -0.493 e.